The minimum atomic E-state index is 0.913. The van der Waals surface area contributed by atoms with E-state index in [0.717, 1.165) is 53.2 Å². The fourth-order valence-corrected chi connectivity index (χ4v) is 3.18. The number of hydrogen-bond donors (Lipinski definition) is 0. The van der Waals surface area contributed by atoms with E-state index in [1.54, 1.807) is 0 Å². The van der Waals surface area contributed by atoms with Gasteiger partial charge in [0.15, 0.2) is 0 Å². The largest absolute Gasteiger partial charge is 0.254 e. The van der Waals surface area contributed by atoms with Crippen LogP contribution in [-0.2, 0) is 12.8 Å². The summed E-state index contributed by atoms with van der Waals surface area (Å²) in [5, 5.41) is 0. The van der Waals surface area contributed by atoms with Crippen LogP contribution in [0.15, 0.2) is 73.3 Å². The molecule has 4 nitrogen and oxygen atoms in total. The molecule has 4 rings (SSSR count). The zero-order valence-electron chi connectivity index (χ0n) is 16.8. The highest BCUT2D eigenvalue weighted by Gasteiger charge is 2.03. The first-order valence-corrected chi connectivity index (χ1v) is 9.93. The quantitative estimate of drug-likeness (QED) is 0.450. The van der Waals surface area contributed by atoms with Crippen LogP contribution >= 0.6 is 0 Å². The molecule has 0 spiro atoms. The van der Waals surface area contributed by atoms with Crippen LogP contribution in [0.2, 0.25) is 0 Å². The average molecular weight is 380 g/mol. The lowest BCUT2D eigenvalue weighted by atomic mass is 10.1. The lowest BCUT2D eigenvalue weighted by Gasteiger charge is -2.05. The third-order valence-corrected chi connectivity index (χ3v) is 4.93. The third-order valence-electron chi connectivity index (χ3n) is 4.93. The van der Waals surface area contributed by atoms with Crippen LogP contribution in [0.4, 0.5) is 0 Å². The molecule has 0 fully saturated rings. The normalized spacial score (nSPS) is 10.8. The molecule has 0 amide bonds. The smallest absolute Gasteiger partial charge is 0.0886 e. The molecule has 0 aliphatic rings. The van der Waals surface area contributed by atoms with Crippen molar-refractivity contribution in [2.75, 3.05) is 0 Å². The second-order valence-corrected chi connectivity index (χ2v) is 7.40. The number of aromatic nitrogens is 4. The molecule has 0 N–H and O–H groups in total. The van der Waals surface area contributed by atoms with Crippen molar-refractivity contribution in [3.63, 3.8) is 0 Å². The number of aryl methyl sites for hydroxylation is 4. The Hall–Kier alpha value is -3.40. The summed E-state index contributed by atoms with van der Waals surface area (Å²) in [6.45, 7) is 4.07. The zero-order valence-corrected chi connectivity index (χ0v) is 16.8. The molecule has 144 valence electrons. The monoisotopic (exact) mass is 380 g/mol. The van der Waals surface area contributed by atoms with Crippen LogP contribution in [0.25, 0.3) is 22.8 Å². The topological polar surface area (TPSA) is 51.6 Å². The highest BCUT2D eigenvalue weighted by molar-refractivity contribution is 5.54. The average Bonchev–Trinajstić information content (AvgIpc) is 2.76. The Morgan fingerprint density at radius 2 is 0.862 bits per heavy atom. The molecule has 4 heterocycles. The molecular weight excluding hydrogens is 356 g/mol. The van der Waals surface area contributed by atoms with Gasteiger partial charge in [-0.15, -0.1) is 0 Å². The Kier molecular flexibility index (Phi) is 5.71. The van der Waals surface area contributed by atoms with E-state index in [-0.39, 0.29) is 0 Å². The second kappa shape index (κ2) is 8.74. The van der Waals surface area contributed by atoms with Crippen molar-refractivity contribution >= 4 is 0 Å². The lowest BCUT2D eigenvalue weighted by Crippen LogP contribution is -1.94. The number of hydrogen-bond acceptors (Lipinski definition) is 4. The van der Waals surface area contributed by atoms with Gasteiger partial charge in [-0.05, 0) is 79.6 Å². The Morgan fingerprint density at radius 1 is 0.483 bits per heavy atom. The van der Waals surface area contributed by atoms with E-state index in [9.17, 15) is 0 Å². The fourth-order valence-electron chi connectivity index (χ4n) is 3.18. The number of pyridine rings is 4. The van der Waals surface area contributed by atoms with E-state index in [4.69, 9.17) is 0 Å². The van der Waals surface area contributed by atoms with Gasteiger partial charge in [0, 0.05) is 24.8 Å². The van der Waals surface area contributed by atoms with Crippen molar-refractivity contribution in [1.82, 2.24) is 19.9 Å². The van der Waals surface area contributed by atoms with E-state index in [2.05, 4.69) is 56.3 Å². The summed E-state index contributed by atoms with van der Waals surface area (Å²) in [5.41, 5.74) is 8.46. The molecule has 0 bridgehead atoms. The van der Waals surface area contributed by atoms with Crippen molar-refractivity contribution in [2.45, 2.75) is 33.1 Å². The molecule has 0 saturated carbocycles. The van der Waals surface area contributed by atoms with Crippen molar-refractivity contribution in [3.8, 4) is 22.8 Å². The minimum absolute atomic E-state index is 0.913. The number of rotatable bonds is 6. The highest BCUT2D eigenvalue weighted by Crippen LogP contribution is 2.17. The van der Waals surface area contributed by atoms with Gasteiger partial charge in [0.25, 0.3) is 0 Å². The van der Waals surface area contributed by atoms with Crippen molar-refractivity contribution in [3.05, 3.63) is 95.6 Å². The van der Waals surface area contributed by atoms with Gasteiger partial charge in [-0.1, -0.05) is 24.3 Å². The Balaban J connectivity index is 1.31. The summed E-state index contributed by atoms with van der Waals surface area (Å²) in [6.07, 6.45) is 10.7. The maximum Gasteiger partial charge on any atom is 0.0886 e. The van der Waals surface area contributed by atoms with E-state index in [1.165, 1.54) is 11.1 Å². The van der Waals surface area contributed by atoms with Gasteiger partial charge in [-0.25, -0.2) is 0 Å². The first kappa shape index (κ1) is 18.9. The SMILES string of the molecule is Cc1ccc(-c2ccc(CCCc3ccc(-c4ccc(C)cn4)nc3)cn2)nc1. The third kappa shape index (κ3) is 4.91. The van der Waals surface area contributed by atoms with Crippen LogP contribution in [0, 0.1) is 13.8 Å². The van der Waals surface area contributed by atoms with Crippen LogP contribution in [0.1, 0.15) is 28.7 Å². The number of nitrogens with zero attached hydrogens (tertiary/aromatic N) is 4. The first-order chi connectivity index (χ1) is 14.2. The van der Waals surface area contributed by atoms with Gasteiger partial charge >= 0.3 is 0 Å². The first-order valence-electron chi connectivity index (χ1n) is 9.93. The zero-order chi connectivity index (χ0) is 20.1. The van der Waals surface area contributed by atoms with Crippen LogP contribution in [-0.4, -0.2) is 19.9 Å². The van der Waals surface area contributed by atoms with Crippen molar-refractivity contribution < 1.29 is 0 Å². The molecule has 0 unspecified atom stereocenters. The summed E-state index contributed by atoms with van der Waals surface area (Å²) < 4.78 is 0. The van der Waals surface area contributed by atoms with Crippen molar-refractivity contribution in [1.29, 1.82) is 0 Å². The molecule has 0 aromatic carbocycles. The molecule has 0 aliphatic heterocycles. The standard InChI is InChI=1S/C25H24N4/c1-18-6-10-22(26-14-18)24-12-8-20(16-28-24)4-3-5-21-9-13-25(29-17-21)23-11-7-19(2)15-27-23/h6-17H,3-5H2,1-2H3. The molecule has 4 aromatic heterocycles. The molecule has 4 aromatic rings. The maximum absolute atomic E-state index is 4.57. The molecular formula is C25H24N4. The van der Waals surface area contributed by atoms with Gasteiger partial charge in [0.05, 0.1) is 22.8 Å². The summed E-state index contributed by atoms with van der Waals surface area (Å²) >= 11 is 0. The molecule has 0 atom stereocenters. The molecule has 29 heavy (non-hydrogen) atoms. The highest BCUT2D eigenvalue weighted by atomic mass is 14.8. The molecule has 0 radical (unpaired) electrons. The van der Waals surface area contributed by atoms with Gasteiger partial charge < -0.3 is 0 Å². The van der Waals surface area contributed by atoms with Gasteiger partial charge in [-0.2, -0.15) is 0 Å². The minimum Gasteiger partial charge on any atom is -0.254 e. The fraction of sp³-hybridized carbons (Fsp3) is 0.200. The van der Waals surface area contributed by atoms with Crippen LogP contribution < -0.4 is 0 Å². The molecule has 4 heteroatoms. The maximum atomic E-state index is 4.57. The van der Waals surface area contributed by atoms with Gasteiger partial charge in [-0.3, -0.25) is 19.9 Å². The van der Waals surface area contributed by atoms with E-state index in [1.807, 2.05) is 50.8 Å². The Labute approximate surface area is 171 Å². The van der Waals surface area contributed by atoms with Crippen molar-refractivity contribution in [2.24, 2.45) is 0 Å². The van der Waals surface area contributed by atoms with Gasteiger partial charge in [0.2, 0.25) is 0 Å². The van der Waals surface area contributed by atoms with Crippen LogP contribution in [0.3, 0.4) is 0 Å². The van der Waals surface area contributed by atoms with E-state index in [0.29, 0.717) is 0 Å². The summed E-state index contributed by atoms with van der Waals surface area (Å²) in [6, 6.07) is 16.6. The molecule has 0 saturated heterocycles. The van der Waals surface area contributed by atoms with E-state index < -0.39 is 0 Å². The summed E-state index contributed by atoms with van der Waals surface area (Å²) in [4.78, 5) is 18.0. The van der Waals surface area contributed by atoms with E-state index >= 15 is 0 Å². The predicted molar refractivity (Wildman–Crippen MR) is 116 cm³/mol. The van der Waals surface area contributed by atoms with Crippen LogP contribution in [0.5, 0.6) is 0 Å². The predicted octanol–water partition coefficient (Wildman–Crippen LogP) is 5.39. The Morgan fingerprint density at radius 3 is 1.17 bits per heavy atom. The molecule has 0 aliphatic carbocycles. The summed E-state index contributed by atoms with van der Waals surface area (Å²) in [7, 11) is 0. The summed E-state index contributed by atoms with van der Waals surface area (Å²) in [5.74, 6) is 0. The second-order valence-electron chi connectivity index (χ2n) is 7.40. The Bertz CT molecular complexity index is 963. The van der Waals surface area contributed by atoms with Gasteiger partial charge in [0.1, 0.15) is 0 Å². The lowest BCUT2D eigenvalue weighted by molar-refractivity contribution is 0.814.